The van der Waals surface area contributed by atoms with E-state index in [1.54, 1.807) is 0 Å². The van der Waals surface area contributed by atoms with E-state index in [2.05, 4.69) is 16.2 Å². The van der Waals surface area contributed by atoms with Crippen molar-refractivity contribution in [3.05, 3.63) is 34.9 Å². The summed E-state index contributed by atoms with van der Waals surface area (Å²) < 4.78 is 0. The molecule has 1 heterocycles. The van der Waals surface area contributed by atoms with Gasteiger partial charge >= 0.3 is 0 Å². The van der Waals surface area contributed by atoms with Crippen LogP contribution in [0, 0.1) is 0 Å². The van der Waals surface area contributed by atoms with Gasteiger partial charge in [-0.1, -0.05) is 43.6 Å². The number of halogens is 1. The van der Waals surface area contributed by atoms with Crippen LogP contribution in [0.15, 0.2) is 24.3 Å². The molecule has 2 atom stereocenters. The summed E-state index contributed by atoms with van der Waals surface area (Å²) in [5, 5.41) is 3.66. The Hall–Kier alpha value is -1.14. The number of hydrazine groups is 1. The molecule has 1 fully saturated rings. The standard InChI is InChI=1S/C16H25ClN4O/c1-3-16(18,4-2)10-19-15(22)14-9-13(20-21-14)11-7-5-6-8-12(11)17/h5-8,13-14,20-21H,3-4,9-10,18H2,1-2H3,(H,19,22). The Morgan fingerprint density at radius 1 is 1.36 bits per heavy atom. The summed E-state index contributed by atoms with van der Waals surface area (Å²) >= 11 is 6.21. The molecule has 1 aromatic rings. The predicted molar refractivity (Wildman–Crippen MR) is 89.4 cm³/mol. The third kappa shape index (κ3) is 3.98. The van der Waals surface area contributed by atoms with Crippen LogP contribution in [0.1, 0.15) is 44.7 Å². The van der Waals surface area contributed by atoms with Gasteiger partial charge in [-0.15, -0.1) is 0 Å². The minimum atomic E-state index is -0.330. The van der Waals surface area contributed by atoms with Gasteiger partial charge in [0.15, 0.2) is 0 Å². The smallest absolute Gasteiger partial charge is 0.238 e. The number of carbonyl (C=O) groups excluding carboxylic acids is 1. The summed E-state index contributed by atoms with van der Waals surface area (Å²) in [4.78, 5) is 12.3. The zero-order valence-electron chi connectivity index (χ0n) is 13.2. The zero-order chi connectivity index (χ0) is 16.2. The normalized spacial score (nSPS) is 21.8. The summed E-state index contributed by atoms with van der Waals surface area (Å²) in [5.41, 5.74) is 13.1. The van der Waals surface area contributed by atoms with Crippen molar-refractivity contribution in [1.82, 2.24) is 16.2 Å². The zero-order valence-corrected chi connectivity index (χ0v) is 13.9. The van der Waals surface area contributed by atoms with Crippen molar-refractivity contribution in [2.75, 3.05) is 6.54 Å². The topological polar surface area (TPSA) is 79.2 Å². The summed E-state index contributed by atoms with van der Waals surface area (Å²) in [6.45, 7) is 4.57. The molecule has 5 N–H and O–H groups in total. The van der Waals surface area contributed by atoms with Crippen LogP contribution in [-0.4, -0.2) is 24.0 Å². The Kier molecular flexibility index (Phi) is 5.81. The van der Waals surface area contributed by atoms with Crippen molar-refractivity contribution in [3.63, 3.8) is 0 Å². The van der Waals surface area contributed by atoms with E-state index in [0.29, 0.717) is 18.0 Å². The van der Waals surface area contributed by atoms with E-state index in [-0.39, 0.29) is 23.5 Å². The minimum absolute atomic E-state index is 0.0289. The molecule has 0 aromatic heterocycles. The first-order chi connectivity index (χ1) is 10.5. The Bertz CT molecular complexity index is 519. The van der Waals surface area contributed by atoms with Crippen molar-refractivity contribution >= 4 is 17.5 Å². The second-order valence-corrected chi connectivity index (χ2v) is 6.35. The molecule has 1 aliphatic rings. The molecule has 1 aliphatic heterocycles. The molecule has 5 nitrogen and oxygen atoms in total. The molecule has 6 heteroatoms. The third-order valence-electron chi connectivity index (χ3n) is 4.52. The van der Waals surface area contributed by atoms with Crippen molar-refractivity contribution in [2.45, 2.75) is 50.7 Å². The van der Waals surface area contributed by atoms with Gasteiger partial charge in [0.05, 0.1) is 0 Å². The van der Waals surface area contributed by atoms with Gasteiger partial charge in [0.25, 0.3) is 0 Å². The van der Waals surface area contributed by atoms with Crippen LogP contribution in [0.25, 0.3) is 0 Å². The van der Waals surface area contributed by atoms with Crippen LogP contribution >= 0.6 is 11.6 Å². The fourth-order valence-corrected chi connectivity index (χ4v) is 2.84. The van der Waals surface area contributed by atoms with Crippen LogP contribution in [0.3, 0.4) is 0 Å². The maximum atomic E-state index is 12.3. The Morgan fingerprint density at radius 3 is 2.68 bits per heavy atom. The van der Waals surface area contributed by atoms with Gasteiger partial charge in [0.2, 0.25) is 5.91 Å². The molecule has 22 heavy (non-hydrogen) atoms. The highest BCUT2D eigenvalue weighted by molar-refractivity contribution is 6.31. The van der Waals surface area contributed by atoms with E-state index >= 15 is 0 Å². The lowest BCUT2D eigenvalue weighted by Gasteiger charge is -2.27. The SMILES string of the molecule is CCC(N)(CC)CNC(=O)C1CC(c2ccccc2Cl)NN1. The molecule has 0 bridgehead atoms. The van der Waals surface area contributed by atoms with Gasteiger partial charge in [0.1, 0.15) is 6.04 Å². The predicted octanol–water partition coefficient (Wildman–Crippen LogP) is 1.88. The monoisotopic (exact) mass is 324 g/mol. The third-order valence-corrected chi connectivity index (χ3v) is 4.87. The van der Waals surface area contributed by atoms with E-state index in [0.717, 1.165) is 18.4 Å². The Morgan fingerprint density at radius 2 is 2.05 bits per heavy atom. The van der Waals surface area contributed by atoms with Gasteiger partial charge < -0.3 is 11.1 Å². The van der Waals surface area contributed by atoms with E-state index in [4.69, 9.17) is 17.3 Å². The summed E-state index contributed by atoms with van der Waals surface area (Å²) in [6, 6.07) is 7.43. The number of amides is 1. The molecule has 1 aromatic carbocycles. The number of hydrogen-bond acceptors (Lipinski definition) is 4. The summed E-state index contributed by atoms with van der Waals surface area (Å²) in [5.74, 6) is -0.0289. The lowest BCUT2D eigenvalue weighted by molar-refractivity contribution is -0.123. The fourth-order valence-electron chi connectivity index (χ4n) is 2.58. The number of benzene rings is 1. The van der Waals surface area contributed by atoms with Crippen molar-refractivity contribution in [3.8, 4) is 0 Å². The van der Waals surface area contributed by atoms with Gasteiger partial charge in [0, 0.05) is 23.1 Å². The van der Waals surface area contributed by atoms with Crippen molar-refractivity contribution in [1.29, 1.82) is 0 Å². The lowest BCUT2D eigenvalue weighted by Crippen LogP contribution is -2.52. The quantitative estimate of drug-likeness (QED) is 0.644. The number of nitrogens with one attached hydrogen (secondary N) is 3. The maximum Gasteiger partial charge on any atom is 0.238 e. The highest BCUT2D eigenvalue weighted by atomic mass is 35.5. The summed E-state index contributed by atoms with van der Waals surface area (Å²) in [7, 11) is 0. The first-order valence-corrected chi connectivity index (χ1v) is 8.19. The van der Waals surface area contributed by atoms with Crippen molar-refractivity contribution < 1.29 is 4.79 Å². The van der Waals surface area contributed by atoms with Crippen LogP contribution in [0.2, 0.25) is 5.02 Å². The Balaban J connectivity index is 1.90. The molecule has 0 saturated carbocycles. The van der Waals surface area contributed by atoms with Gasteiger partial charge in [-0.05, 0) is 30.9 Å². The van der Waals surface area contributed by atoms with Crippen LogP contribution < -0.4 is 21.9 Å². The number of rotatable bonds is 6. The molecular weight excluding hydrogens is 300 g/mol. The number of carbonyl (C=O) groups is 1. The number of nitrogens with two attached hydrogens (primary N) is 1. The second-order valence-electron chi connectivity index (χ2n) is 5.94. The Labute approximate surface area is 136 Å². The first-order valence-electron chi connectivity index (χ1n) is 7.81. The molecule has 0 radical (unpaired) electrons. The average molecular weight is 325 g/mol. The van der Waals surface area contributed by atoms with E-state index in [9.17, 15) is 4.79 Å². The van der Waals surface area contributed by atoms with E-state index in [1.807, 2.05) is 38.1 Å². The minimum Gasteiger partial charge on any atom is -0.353 e. The highest BCUT2D eigenvalue weighted by Crippen LogP contribution is 2.28. The van der Waals surface area contributed by atoms with Crippen LogP contribution in [0.4, 0.5) is 0 Å². The highest BCUT2D eigenvalue weighted by Gasteiger charge is 2.32. The molecule has 2 unspecified atom stereocenters. The largest absolute Gasteiger partial charge is 0.353 e. The molecular formula is C16H25ClN4O. The maximum absolute atomic E-state index is 12.3. The summed E-state index contributed by atoms with van der Waals surface area (Å²) in [6.07, 6.45) is 2.33. The van der Waals surface area contributed by atoms with Crippen molar-refractivity contribution in [2.24, 2.45) is 5.73 Å². The average Bonchev–Trinajstić information content (AvgIpc) is 3.02. The number of hydrogen-bond donors (Lipinski definition) is 4. The van der Waals surface area contributed by atoms with E-state index < -0.39 is 0 Å². The lowest BCUT2D eigenvalue weighted by atomic mass is 9.94. The molecule has 1 amide bonds. The van der Waals surface area contributed by atoms with Gasteiger partial charge in [-0.2, -0.15) is 0 Å². The molecule has 0 aliphatic carbocycles. The molecule has 122 valence electrons. The van der Waals surface area contributed by atoms with Gasteiger partial charge in [-0.25, -0.2) is 10.9 Å². The van der Waals surface area contributed by atoms with Crippen LogP contribution in [-0.2, 0) is 4.79 Å². The second kappa shape index (κ2) is 7.42. The first kappa shape index (κ1) is 17.2. The fraction of sp³-hybridized carbons (Fsp3) is 0.562. The molecule has 2 rings (SSSR count). The van der Waals surface area contributed by atoms with E-state index in [1.165, 1.54) is 0 Å². The van der Waals surface area contributed by atoms with Crippen LogP contribution in [0.5, 0.6) is 0 Å². The molecule has 0 spiro atoms. The van der Waals surface area contributed by atoms with Gasteiger partial charge in [-0.3, -0.25) is 4.79 Å². The molecule has 1 saturated heterocycles.